The lowest BCUT2D eigenvalue weighted by atomic mass is 10.2. The predicted octanol–water partition coefficient (Wildman–Crippen LogP) is 3.75. The van der Waals surface area contributed by atoms with Crippen molar-refractivity contribution in [2.75, 3.05) is 19.0 Å². The summed E-state index contributed by atoms with van der Waals surface area (Å²) in [4.78, 5) is 16.2. The van der Waals surface area contributed by atoms with E-state index in [9.17, 15) is 4.79 Å². The van der Waals surface area contributed by atoms with Gasteiger partial charge in [-0.25, -0.2) is 0 Å². The van der Waals surface area contributed by atoms with Crippen LogP contribution in [0.2, 0.25) is 0 Å². The van der Waals surface area contributed by atoms with Gasteiger partial charge in [0.2, 0.25) is 0 Å². The van der Waals surface area contributed by atoms with Gasteiger partial charge in [0.1, 0.15) is 11.4 Å². The van der Waals surface area contributed by atoms with Gasteiger partial charge in [-0.3, -0.25) is 9.78 Å². The molecule has 0 radical (unpaired) electrons. The van der Waals surface area contributed by atoms with E-state index in [1.807, 2.05) is 30.3 Å². The van der Waals surface area contributed by atoms with E-state index in [-0.39, 0.29) is 5.91 Å². The van der Waals surface area contributed by atoms with Crippen LogP contribution >= 0.6 is 0 Å². The van der Waals surface area contributed by atoms with Crippen LogP contribution in [0.25, 0.3) is 0 Å². The Labute approximate surface area is 137 Å². The maximum absolute atomic E-state index is 12.1. The van der Waals surface area contributed by atoms with Crippen molar-refractivity contribution in [3.63, 3.8) is 0 Å². The van der Waals surface area contributed by atoms with Crippen molar-refractivity contribution in [3.8, 4) is 5.75 Å². The minimum Gasteiger partial charge on any atom is -0.497 e. The fraction of sp³-hybridized carbons (Fsp3) is 0.333. The molecule has 0 aliphatic rings. The predicted molar refractivity (Wildman–Crippen MR) is 92.4 cm³/mol. The van der Waals surface area contributed by atoms with Crippen LogP contribution in [0.15, 0.2) is 42.6 Å². The minimum absolute atomic E-state index is 0.139. The lowest BCUT2D eigenvalue weighted by Gasteiger charge is -2.09. The molecule has 5 nitrogen and oxygen atoms in total. The second-order valence-electron chi connectivity index (χ2n) is 5.25. The number of pyridine rings is 1. The summed E-state index contributed by atoms with van der Waals surface area (Å²) in [7, 11) is 1.64. The molecule has 0 saturated carbocycles. The van der Waals surface area contributed by atoms with Crippen LogP contribution in [-0.4, -0.2) is 24.5 Å². The maximum atomic E-state index is 12.1. The van der Waals surface area contributed by atoms with E-state index in [0.29, 0.717) is 12.2 Å². The molecule has 2 aromatic rings. The Morgan fingerprint density at radius 1 is 1.13 bits per heavy atom. The summed E-state index contributed by atoms with van der Waals surface area (Å²) in [5.74, 6) is 0.664. The highest BCUT2D eigenvalue weighted by Gasteiger charge is 2.07. The standard InChI is InChI=1S/C18H23N3O2/c1-3-4-5-11-20-18(22)17-13-15(10-12-19-17)21-14-6-8-16(23-2)9-7-14/h6-10,12-13H,3-5,11H2,1-2H3,(H,19,21)(H,20,22). The van der Waals surface area contributed by atoms with Crippen LogP contribution in [0.5, 0.6) is 5.75 Å². The topological polar surface area (TPSA) is 63.2 Å². The van der Waals surface area contributed by atoms with Gasteiger partial charge in [-0.05, 0) is 42.8 Å². The molecule has 2 rings (SSSR count). The highest BCUT2D eigenvalue weighted by Crippen LogP contribution is 2.20. The summed E-state index contributed by atoms with van der Waals surface area (Å²) in [6.45, 7) is 2.82. The van der Waals surface area contributed by atoms with Crippen molar-refractivity contribution in [3.05, 3.63) is 48.3 Å². The van der Waals surface area contributed by atoms with E-state index in [0.717, 1.165) is 36.4 Å². The molecule has 0 aliphatic carbocycles. The molecule has 1 aromatic heterocycles. The summed E-state index contributed by atoms with van der Waals surface area (Å²) in [6.07, 6.45) is 4.88. The Kier molecular flexibility index (Phi) is 6.41. The molecule has 1 heterocycles. The molecule has 2 N–H and O–H groups in total. The molecule has 0 saturated heterocycles. The normalized spacial score (nSPS) is 10.2. The molecular formula is C18H23N3O2. The van der Waals surface area contributed by atoms with Gasteiger partial charge in [0.05, 0.1) is 7.11 Å². The molecule has 23 heavy (non-hydrogen) atoms. The van der Waals surface area contributed by atoms with Gasteiger partial charge < -0.3 is 15.4 Å². The van der Waals surface area contributed by atoms with Crippen molar-refractivity contribution >= 4 is 17.3 Å². The summed E-state index contributed by atoms with van der Waals surface area (Å²) in [5, 5.41) is 6.15. The largest absolute Gasteiger partial charge is 0.497 e. The number of ether oxygens (including phenoxy) is 1. The summed E-state index contributed by atoms with van der Waals surface area (Å²) >= 11 is 0. The smallest absolute Gasteiger partial charge is 0.269 e. The number of aromatic nitrogens is 1. The maximum Gasteiger partial charge on any atom is 0.269 e. The first-order chi connectivity index (χ1) is 11.2. The van der Waals surface area contributed by atoms with Crippen LogP contribution in [0.4, 0.5) is 11.4 Å². The number of benzene rings is 1. The number of carbonyl (C=O) groups is 1. The fourth-order valence-electron chi connectivity index (χ4n) is 2.14. The molecule has 5 heteroatoms. The minimum atomic E-state index is -0.139. The van der Waals surface area contributed by atoms with E-state index >= 15 is 0 Å². The third-order valence-corrected chi connectivity index (χ3v) is 3.44. The van der Waals surface area contributed by atoms with Crippen molar-refractivity contribution in [1.82, 2.24) is 10.3 Å². The Morgan fingerprint density at radius 3 is 2.61 bits per heavy atom. The molecule has 0 spiro atoms. The number of hydrogen-bond acceptors (Lipinski definition) is 4. The van der Waals surface area contributed by atoms with E-state index in [1.54, 1.807) is 19.4 Å². The third kappa shape index (κ3) is 5.29. The Balaban J connectivity index is 1.96. The van der Waals surface area contributed by atoms with Gasteiger partial charge >= 0.3 is 0 Å². The Morgan fingerprint density at radius 2 is 1.91 bits per heavy atom. The van der Waals surface area contributed by atoms with Crippen molar-refractivity contribution in [1.29, 1.82) is 0 Å². The first-order valence-corrected chi connectivity index (χ1v) is 7.88. The molecule has 1 amide bonds. The number of anilines is 2. The number of unbranched alkanes of at least 4 members (excludes halogenated alkanes) is 2. The van der Waals surface area contributed by atoms with Gasteiger partial charge in [0, 0.05) is 24.1 Å². The number of nitrogens with zero attached hydrogens (tertiary/aromatic N) is 1. The van der Waals surface area contributed by atoms with E-state index in [4.69, 9.17) is 4.74 Å². The van der Waals surface area contributed by atoms with Crippen molar-refractivity contribution < 1.29 is 9.53 Å². The van der Waals surface area contributed by atoms with Crippen LogP contribution in [0.1, 0.15) is 36.7 Å². The number of rotatable bonds is 8. The number of carbonyl (C=O) groups excluding carboxylic acids is 1. The zero-order valence-corrected chi connectivity index (χ0v) is 13.6. The first-order valence-electron chi connectivity index (χ1n) is 7.88. The number of amides is 1. The second kappa shape index (κ2) is 8.78. The third-order valence-electron chi connectivity index (χ3n) is 3.44. The molecule has 1 aromatic carbocycles. The van der Waals surface area contributed by atoms with Crippen LogP contribution in [0.3, 0.4) is 0 Å². The second-order valence-corrected chi connectivity index (χ2v) is 5.25. The Hall–Kier alpha value is -2.56. The van der Waals surface area contributed by atoms with Crippen LogP contribution < -0.4 is 15.4 Å². The van der Waals surface area contributed by atoms with E-state index in [2.05, 4.69) is 22.5 Å². The summed E-state index contributed by atoms with van der Waals surface area (Å²) < 4.78 is 5.13. The van der Waals surface area contributed by atoms with Gasteiger partial charge in [-0.2, -0.15) is 0 Å². The molecule has 0 unspecified atom stereocenters. The zero-order valence-electron chi connectivity index (χ0n) is 13.6. The average molecular weight is 313 g/mol. The van der Waals surface area contributed by atoms with Gasteiger partial charge in [0.25, 0.3) is 5.91 Å². The molecule has 0 aliphatic heterocycles. The molecule has 0 fully saturated rings. The molecule has 122 valence electrons. The molecular weight excluding hydrogens is 290 g/mol. The van der Waals surface area contributed by atoms with E-state index < -0.39 is 0 Å². The zero-order chi connectivity index (χ0) is 16.5. The van der Waals surface area contributed by atoms with Gasteiger partial charge in [0.15, 0.2) is 0 Å². The number of hydrogen-bond donors (Lipinski definition) is 2. The fourth-order valence-corrected chi connectivity index (χ4v) is 2.14. The van der Waals surface area contributed by atoms with Gasteiger partial charge in [-0.15, -0.1) is 0 Å². The number of nitrogens with one attached hydrogen (secondary N) is 2. The first kappa shape index (κ1) is 16.8. The van der Waals surface area contributed by atoms with Crippen LogP contribution in [0, 0.1) is 0 Å². The monoisotopic (exact) mass is 313 g/mol. The van der Waals surface area contributed by atoms with Crippen molar-refractivity contribution in [2.45, 2.75) is 26.2 Å². The summed E-state index contributed by atoms with van der Waals surface area (Å²) in [5.41, 5.74) is 2.16. The highest BCUT2D eigenvalue weighted by atomic mass is 16.5. The lowest BCUT2D eigenvalue weighted by Crippen LogP contribution is -2.25. The average Bonchev–Trinajstić information content (AvgIpc) is 2.59. The highest BCUT2D eigenvalue weighted by molar-refractivity contribution is 5.93. The lowest BCUT2D eigenvalue weighted by molar-refractivity contribution is 0.0948. The molecule has 0 atom stereocenters. The van der Waals surface area contributed by atoms with Crippen molar-refractivity contribution in [2.24, 2.45) is 0 Å². The van der Waals surface area contributed by atoms with E-state index in [1.165, 1.54) is 0 Å². The molecule has 0 bridgehead atoms. The quantitative estimate of drug-likeness (QED) is 0.729. The summed E-state index contributed by atoms with van der Waals surface area (Å²) in [6, 6.07) is 11.2. The number of methoxy groups -OCH3 is 1. The SMILES string of the molecule is CCCCCNC(=O)c1cc(Nc2ccc(OC)cc2)ccn1. The van der Waals surface area contributed by atoms with Gasteiger partial charge in [-0.1, -0.05) is 19.8 Å². The van der Waals surface area contributed by atoms with Crippen LogP contribution in [-0.2, 0) is 0 Å². The Bertz CT molecular complexity index is 626.